The van der Waals surface area contributed by atoms with Gasteiger partial charge < -0.3 is 5.32 Å². The fourth-order valence-electron chi connectivity index (χ4n) is 3.32. The van der Waals surface area contributed by atoms with Crippen LogP contribution in [0, 0.1) is 0 Å². The number of anilines is 1. The van der Waals surface area contributed by atoms with Gasteiger partial charge in [-0.3, -0.25) is 9.69 Å². The first-order valence-electron chi connectivity index (χ1n) is 8.61. The van der Waals surface area contributed by atoms with Crippen molar-refractivity contribution in [2.45, 2.75) is 39.5 Å². The number of nitrogens with zero attached hydrogens (tertiary/aromatic N) is 2. The highest BCUT2D eigenvalue weighted by atomic mass is 32.1. The van der Waals surface area contributed by atoms with E-state index in [1.54, 1.807) is 11.3 Å². The molecule has 7 heteroatoms. The fraction of sp³-hybridized carbons (Fsp3) is 0.368. The van der Waals surface area contributed by atoms with Gasteiger partial charge in [0.25, 0.3) is 0 Å². The van der Waals surface area contributed by atoms with Gasteiger partial charge in [-0.1, -0.05) is 12.1 Å². The van der Waals surface area contributed by atoms with E-state index in [2.05, 4.69) is 24.1 Å². The number of nitrogens with one attached hydrogen (secondary N) is 1. The Bertz CT molecular complexity index is 945. The zero-order valence-electron chi connectivity index (χ0n) is 14.9. The van der Waals surface area contributed by atoms with Crippen molar-refractivity contribution in [2.75, 3.05) is 11.9 Å². The summed E-state index contributed by atoms with van der Waals surface area (Å²) < 4.78 is 16.2. The van der Waals surface area contributed by atoms with Crippen LogP contribution in [0.4, 0.5) is 9.39 Å². The first-order chi connectivity index (χ1) is 12.4. The summed E-state index contributed by atoms with van der Waals surface area (Å²) in [6, 6.07) is 8.17. The summed E-state index contributed by atoms with van der Waals surface area (Å²) in [7, 11) is 0. The maximum Gasteiger partial charge on any atom is 0.221 e. The quantitative estimate of drug-likeness (QED) is 0.668. The lowest BCUT2D eigenvalue weighted by molar-refractivity contribution is -0.114. The summed E-state index contributed by atoms with van der Waals surface area (Å²) in [6.45, 7) is 6.71. The van der Waals surface area contributed by atoms with Gasteiger partial charge in [0.05, 0.1) is 15.8 Å². The summed E-state index contributed by atoms with van der Waals surface area (Å²) in [5.74, 6) is -0.151. The van der Waals surface area contributed by atoms with E-state index in [0.29, 0.717) is 23.7 Å². The van der Waals surface area contributed by atoms with Crippen LogP contribution in [0.25, 0.3) is 20.8 Å². The average molecular weight is 390 g/mol. The van der Waals surface area contributed by atoms with Crippen LogP contribution in [0.15, 0.2) is 24.3 Å². The maximum atomic E-state index is 15.2. The number of hydrogen-bond acceptors (Lipinski definition) is 5. The Balaban J connectivity index is 1.88. The van der Waals surface area contributed by atoms with Crippen molar-refractivity contribution in [3.63, 3.8) is 0 Å². The largest absolute Gasteiger partial charge is 0.317 e. The van der Waals surface area contributed by atoms with Crippen molar-refractivity contribution in [2.24, 2.45) is 0 Å². The van der Waals surface area contributed by atoms with Crippen LogP contribution in [0.3, 0.4) is 0 Å². The van der Waals surface area contributed by atoms with Crippen LogP contribution in [-0.4, -0.2) is 28.4 Å². The molecule has 4 nitrogen and oxygen atoms in total. The van der Waals surface area contributed by atoms with E-state index in [0.717, 1.165) is 25.7 Å². The molecule has 1 aliphatic rings. The smallest absolute Gasteiger partial charge is 0.221 e. The molecule has 3 heterocycles. The molecule has 1 aliphatic heterocycles. The molecule has 0 aliphatic carbocycles. The molecule has 1 aromatic carbocycles. The van der Waals surface area contributed by atoms with Crippen molar-refractivity contribution >= 4 is 43.8 Å². The van der Waals surface area contributed by atoms with E-state index in [1.807, 2.05) is 24.3 Å². The minimum atomic E-state index is -1.08. The number of carbonyl (C=O) groups excluding carboxylic acids is 1. The monoisotopic (exact) mass is 389 g/mol. The Morgan fingerprint density at radius 3 is 2.81 bits per heavy atom. The van der Waals surface area contributed by atoms with Gasteiger partial charge in [0.15, 0.2) is 0 Å². The number of aromatic nitrogens is 1. The van der Waals surface area contributed by atoms with Crippen molar-refractivity contribution < 1.29 is 9.18 Å². The highest BCUT2D eigenvalue weighted by Crippen LogP contribution is 2.49. The summed E-state index contributed by atoms with van der Waals surface area (Å²) in [4.78, 5) is 19.5. The average Bonchev–Trinajstić information content (AvgIpc) is 3.14. The van der Waals surface area contributed by atoms with Gasteiger partial charge in [-0.05, 0) is 26.0 Å². The molecule has 0 saturated carbocycles. The summed E-state index contributed by atoms with van der Waals surface area (Å²) in [5, 5.41) is 4.37. The number of thiazole rings is 1. The lowest BCUT2D eigenvalue weighted by Crippen LogP contribution is -2.36. The molecule has 0 bridgehead atoms. The topological polar surface area (TPSA) is 45.2 Å². The number of rotatable bonds is 3. The van der Waals surface area contributed by atoms with Gasteiger partial charge in [0.2, 0.25) is 5.91 Å². The molecular weight excluding hydrogens is 369 g/mol. The van der Waals surface area contributed by atoms with Gasteiger partial charge in [-0.15, -0.1) is 22.7 Å². The van der Waals surface area contributed by atoms with Crippen molar-refractivity contribution in [1.29, 1.82) is 0 Å². The molecule has 1 amide bonds. The lowest BCUT2D eigenvalue weighted by atomic mass is 10.0. The molecule has 1 atom stereocenters. The molecule has 0 radical (unpaired) electrons. The minimum Gasteiger partial charge on any atom is -0.317 e. The van der Waals surface area contributed by atoms with E-state index in [-0.39, 0.29) is 11.9 Å². The molecule has 1 N–H and O–H groups in total. The van der Waals surface area contributed by atoms with Crippen LogP contribution in [0.2, 0.25) is 0 Å². The number of thiophene rings is 1. The van der Waals surface area contributed by atoms with E-state index in [4.69, 9.17) is 4.98 Å². The Kier molecular flexibility index (Phi) is 4.54. The maximum absolute atomic E-state index is 15.2. The standard InChI is InChI=1S/C19H20FN3OS2/c1-10(2)23-8-12(20)16-15(9-23)26-18(21-11(3)24)17(16)19-22-13-6-4-5-7-14(13)25-19/h4-7,10,12H,8-9H2,1-3H3,(H,21,24). The Hall–Kier alpha value is -1.83. The van der Waals surface area contributed by atoms with Gasteiger partial charge in [0.1, 0.15) is 16.2 Å². The summed E-state index contributed by atoms with van der Waals surface area (Å²) in [6.07, 6.45) is -1.08. The molecule has 4 rings (SSSR count). The number of amides is 1. The zero-order chi connectivity index (χ0) is 18.4. The number of alkyl halides is 1. The normalized spacial score (nSPS) is 17.7. The summed E-state index contributed by atoms with van der Waals surface area (Å²) in [5.41, 5.74) is 2.36. The first-order valence-corrected chi connectivity index (χ1v) is 10.2. The van der Waals surface area contributed by atoms with Crippen molar-refractivity contribution in [3.05, 3.63) is 34.7 Å². The third-order valence-electron chi connectivity index (χ3n) is 4.60. The Morgan fingerprint density at radius 1 is 1.35 bits per heavy atom. The third kappa shape index (κ3) is 3.04. The number of hydrogen-bond donors (Lipinski definition) is 1. The molecule has 1 unspecified atom stereocenters. The second kappa shape index (κ2) is 6.72. The van der Waals surface area contributed by atoms with Crippen LogP contribution < -0.4 is 5.32 Å². The Labute approximate surface area is 159 Å². The Morgan fingerprint density at radius 2 is 2.12 bits per heavy atom. The third-order valence-corrected chi connectivity index (χ3v) is 6.76. The molecule has 3 aromatic rings. The molecule has 2 aromatic heterocycles. The SMILES string of the molecule is CC(=O)Nc1sc2c(c1-c1nc3ccccc3s1)C(F)CN(C(C)C)C2. The second-order valence-corrected chi connectivity index (χ2v) is 8.94. The van der Waals surface area contributed by atoms with E-state index >= 15 is 4.39 Å². The number of halogens is 1. The van der Waals surface area contributed by atoms with E-state index < -0.39 is 6.17 Å². The van der Waals surface area contributed by atoms with Crippen LogP contribution in [0.5, 0.6) is 0 Å². The van der Waals surface area contributed by atoms with Crippen LogP contribution >= 0.6 is 22.7 Å². The summed E-state index contributed by atoms with van der Waals surface area (Å²) >= 11 is 3.02. The minimum absolute atomic E-state index is 0.151. The number of fused-ring (bicyclic) bond motifs is 2. The molecule has 26 heavy (non-hydrogen) atoms. The molecule has 136 valence electrons. The van der Waals surface area contributed by atoms with Crippen molar-refractivity contribution in [1.82, 2.24) is 9.88 Å². The molecule has 0 fully saturated rings. The molecule has 0 spiro atoms. The van der Waals surface area contributed by atoms with Crippen LogP contribution in [0.1, 0.15) is 37.4 Å². The predicted molar refractivity (Wildman–Crippen MR) is 107 cm³/mol. The second-order valence-electron chi connectivity index (χ2n) is 6.80. The number of benzene rings is 1. The first kappa shape index (κ1) is 17.6. The van der Waals surface area contributed by atoms with Gasteiger partial charge in [0, 0.05) is 36.5 Å². The fourth-order valence-corrected chi connectivity index (χ4v) is 5.73. The lowest BCUT2D eigenvalue weighted by Gasteiger charge is -2.32. The predicted octanol–water partition coefficient (Wildman–Crippen LogP) is 5.22. The van der Waals surface area contributed by atoms with E-state index in [9.17, 15) is 4.79 Å². The number of carbonyl (C=O) groups is 1. The van der Waals surface area contributed by atoms with Crippen LogP contribution in [-0.2, 0) is 11.3 Å². The molecular formula is C19H20FN3OS2. The highest BCUT2D eigenvalue weighted by Gasteiger charge is 2.34. The molecule has 0 saturated heterocycles. The zero-order valence-corrected chi connectivity index (χ0v) is 16.5. The van der Waals surface area contributed by atoms with Gasteiger partial charge >= 0.3 is 0 Å². The van der Waals surface area contributed by atoms with Gasteiger partial charge in [-0.2, -0.15) is 0 Å². The highest BCUT2D eigenvalue weighted by molar-refractivity contribution is 7.22. The van der Waals surface area contributed by atoms with Gasteiger partial charge in [-0.25, -0.2) is 9.37 Å². The van der Waals surface area contributed by atoms with Crippen molar-refractivity contribution in [3.8, 4) is 10.6 Å². The van der Waals surface area contributed by atoms with E-state index in [1.165, 1.54) is 18.3 Å². The number of para-hydroxylation sites is 1.